The third-order valence-electron chi connectivity index (χ3n) is 6.22. The van der Waals surface area contributed by atoms with E-state index in [1.165, 1.54) is 16.7 Å². The van der Waals surface area contributed by atoms with E-state index in [1.54, 1.807) is 0 Å². The highest BCUT2D eigenvalue weighted by atomic mass is 16.2. The third kappa shape index (κ3) is 3.12. The van der Waals surface area contributed by atoms with E-state index in [9.17, 15) is 4.79 Å². The van der Waals surface area contributed by atoms with Crippen molar-refractivity contribution in [2.75, 3.05) is 27.2 Å². The number of benzene rings is 2. The van der Waals surface area contributed by atoms with Gasteiger partial charge in [-0.3, -0.25) is 4.79 Å². The van der Waals surface area contributed by atoms with Gasteiger partial charge in [0.15, 0.2) is 0 Å². The topological polar surface area (TPSA) is 28.5 Å². The van der Waals surface area contributed by atoms with E-state index in [4.69, 9.17) is 0 Å². The van der Waals surface area contributed by atoms with Gasteiger partial charge in [0, 0.05) is 37.5 Å². The SMILES string of the molecule is Cc1ccc([C@@H]2CN(C(=O)c3cc4cccc(C)c4n3C)C[C@H]2N(C)C)cc1. The molecule has 2 heterocycles. The summed E-state index contributed by atoms with van der Waals surface area (Å²) < 4.78 is 2.05. The Kier molecular flexibility index (Phi) is 4.76. The van der Waals surface area contributed by atoms with E-state index in [0.29, 0.717) is 12.0 Å². The zero-order valence-corrected chi connectivity index (χ0v) is 17.4. The second-order valence-electron chi connectivity index (χ2n) is 8.36. The highest BCUT2D eigenvalue weighted by molar-refractivity contribution is 5.99. The predicted octanol–water partition coefficient (Wildman–Crippen LogP) is 3.96. The quantitative estimate of drug-likeness (QED) is 0.693. The maximum Gasteiger partial charge on any atom is 0.270 e. The maximum atomic E-state index is 13.4. The first-order chi connectivity index (χ1) is 13.4. The standard InChI is InChI=1S/C24H29N3O/c1-16-9-11-18(12-10-16)20-14-27(15-22(20)25(3)4)24(28)21-13-19-8-6-7-17(2)23(19)26(21)5/h6-13,20,22H,14-15H2,1-5H3/t20-,22+/m0/s1. The van der Waals surface area contributed by atoms with E-state index in [1.807, 2.05) is 18.0 Å². The van der Waals surface area contributed by atoms with Crippen molar-refractivity contribution in [1.29, 1.82) is 0 Å². The van der Waals surface area contributed by atoms with Crippen LogP contribution in [0.3, 0.4) is 0 Å². The maximum absolute atomic E-state index is 13.4. The summed E-state index contributed by atoms with van der Waals surface area (Å²) in [7, 11) is 6.22. The fourth-order valence-electron chi connectivity index (χ4n) is 4.60. The number of hydrogen-bond donors (Lipinski definition) is 0. The first-order valence-corrected chi connectivity index (χ1v) is 9.94. The van der Waals surface area contributed by atoms with Crippen molar-refractivity contribution in [3.05, 3.63) is 70.9 Å². The molecular formula is C24H29N3O. The van der Waals surface area contributed by atoms with Gasteiger partial charge in [-0.1, -0.05) is 48.0 Å². The van der Waals surface area contributed by atoms with Crippen molar-refractivity contribution in [2.24, 2.45) is 7.05 Å². The fraction of sp³-hybridized carbons (Fsp3) is 0.375. The molecule has 3 aromatic rings. The number of hydrogen-bond acceptors (Lipinski definition) is 2. The Morgan fingerprint density at radius 2 is 1.75 bits per heavy atom. The van der Waals surface area contributed by atoms with Crippen LogP contribution in [0.2, 0.25) is 0 Å². The molecule has 4 rings (SSSR count). The predicted molar refractivity (Wildman–Crippen MR) is 115 cm³/mol. The number of aromatic nitrogens is 1. The van der Waals surface area contributed by atoms with Gasteiger partial charge < -0.3 is 14.4 Å². The molecule has 28 heavy (non-hydrogen) atoms. The second kappa shape index (κ2) is 7.10. The molecule has 0 N–H and O–H groups in total. The first-order valence-electron chi connectivity index (χ1n) is 9.94. The van der Waals surface area contributed by atoms with Crippen LogP contribution < -0.4 is 0 Å². The van der Waals surface area contributed by atoms with Crippen LogP contribution in [-0.2, 0) is 7.05 Å². The summed E-state index contributed by atoms with van der Waals surface area (Å²) in [6.07, 6.45) is 0. The number of likely N-dealkylation sites (N-methyl/N-ethyl adjacent to an activating group) is 1. The summed E-state index contributed by atoms with van der Waals surface area (Å²) in [5.74, 6) is 0.454. The largest absolute Gasteiger partial charge is 0.339 e. The van der Waals surface area contributed by atoms with E-state index < -0.39 is 0 Å². The Balaban J connectivity index is 1.66. The summed E-state index contributed by atoms with van der Waals surface area (Å²) >= 11 is 0. The van der Waals surface area contributed by atoms with Gasteiger partial charge in [0.1, 0.15) is 5.69 Å². The van der Waals surface area contributed by atoms with Gasteiger partial charge in [-0.05, 0) is 45.1 Å². The second-order valence-corrected chi connectivity index (χ2v) is 8.36. The average Bonchev–Trinajstić information content (AvgIpc) is 3.25. The first kappa shape index (κ1) is 18.8. The molecule has 0 spiro atoms. The smallest absolute Gasteiger partial charge is 0.270 e. The number of fused-ring (bicyclic) bond motifs is 1. The van der Waals surface area contributed by atoms with Crippen LogP contribution >= 0.6 is 0 Å². The normalized spacial score (nSPS) is 19.7. The summed E-state index contributed by atoms with van der Waals surface area (Å²) in [4.78, 5) is 17.7. The van der Waals surface area contributed by atoms with Crippen LogP contribution in [0.4, 0.5) is 0 Å². The van der Waals surface area contributed by atoms with Crippen LogP contribution in [0.25, 0.3) is 10.9 Å². The lowest BCUT2D eigenvalue weighted by molar-refractivity contribution is 0.0773. The lowest BCUT2D eigenvalue weighted by atomic mass is 9.93. The lowest BCUT2D eigenvalue weighted by Crippen LogP contribution is -2.36. The Labute approximate surface area is 167 Å². The number of amides is 1. The van der Waals surface area contributed by atoms with Crippen molar-refractivity contribution in [3.8, 4) is 0 Å². The fourth-order valence-corrected chi connectivity index (χ4v) is 4.60. The van der Waals surface area contributed by atoms with Crippen LogP contribution in [0.5, 0.6) is 0 Å². The molecule has 146 valence electrons. The molecule has 0 unspecified atom stereocenters. The van der Waals surface area contributed by atoms with E-state index in [-0.39, 0.29) is 5.91 Å². The van der Waals surface area contributed by atoms with Gasteiger partial charge in [-0.2, -0.15) is 0 Å². The van der Waals surface area contributed by atoms with E-state index in [2.05, 4.69) is 79.9 Å². The third-order valence-corrected chi connectivity index (χ3v) is 6.22. The summed E-state index contributed by atoms with van der Waals surface area (Å²) in [5.41, 5.74) is 5.69. The van der Waals surface area contributed by atoms with Gasteiger partial charge in [0.2, 0.25) is 0 Å². The Hall–Kier alpha value is -2.59. The van der Waals surface area contributed by atoms with Crippen molar-refractivity contribution >= 4 is 16.8 Å². The monoisotopic (exact) mass is 375 g/mol. The molecule has 0 aliphatic carbocycles. The number of likely N-dealkylation sites (tertiary alicyclic amines) is 1. The van der Waals surface area contributed by atoms with Crippen LogP contribution in [-0.4, -0.2) is 53.5 Å². The molecule has 0 bridgehead atoms. The van der Waals surface area contributed by atoms with Gasteiger partial charge in [0.25, 0.3) is 5.91 Å². The molecule has 0 saturated carbocycles. The van der Waals surface area contributed by atoms with Crippen molar-refractivity contribution in [3.63, 3.8) is 0 Å². The van der Waals surface area contributed by atoms with Crippen molar-refractivity contribution in [2.45, 2.75) is 25.8 Å². The molecule has 1 amide bonds. The minimum absolute atomic E-state index is 0.125. The zero-order valence-electron chi connectivity index (χ0n) is 17.4. The van der Waals surface area contributed by atoms with Crippen LogP contribution in [0, 0.1) is 13.8 Å². The molecule has 1 fully saturated rings. The molecule has 4 heteroatoms. The van der Waals surface area contributed by atoms with Crippen molar-refractivity contribution in [1.82, 2.24) is 14.4 Å². The average molecular weight is 376 g/mol. The number of rotatable bonds is 3. The summed E-state index contributed by atoms with van der Waals surface area (Å²) in [5, 5.41) is 1.13. The Bertz CT molecular complexity index is 1020. The lowest BCUT2D eigenvalue weighted by Gasteiger charge is -2.25. The molecule has 1 aliphatic heterocycles. The summed E-state index contributed by atoms with van der Waals surface area (Å²) in [6, 6.07) is 17.4. The molecular weight excluding hydrogens is 346 g/mol. The zero-order chi connectivity index (χ0) is 20.0. The van der Waals surface area contributed by atoms with E-state index >= 15 is 0 Å². The van der Waals surface area contributed by atoms with Gasteiger partial charge in [0.05, 0.1) is 5.52 Å². The molecule has 1 saturated heterocycles. The Morgan fingerprint density at radius 1 is 1.04 bits per heavy atom. The highest BCUT2D eigenvalue weighted by Crippen LogP contribution is 2.32. The van der Waals surface area contributed by atoms with E-state index in [0.717, 1.165) is 29.7 Å². The van der Waals surface area contributed by atoms with Gasteiger partial charge >= 0.3 is 0 Å². The van der Waals surface area contributed by atoms with Crippen LogP contribution in [0.15, 0.2) is 48.5 Å². The molecule has 2 aromatic carbocycles. The number of nitrogens with zero attached hydrogens (tertiary/aromatic N) is 3. The highest BCUT2D eigenvalue weighted by Gasteiger charge is 2.38. The minimum atomic E-state index is 0.125. The summed E-state index contributed by atoms with van der Waals surface area (Å²) in [6.45, 7) is 5.72. The number of aryl methyl sites for hydroxylation is 3. The van der Waals surface area contributed by atoms with Crippen LogP contribution in [0.1, 0.15) is 33.1 Å². The molecule has 4 nitrogen and oxygen atoms in total. The number of carbonyl (C=O) groups is 1. The molecule has 2 atom stereocenters. The Morgan fingerprint density at radius 3 is 2.39 bits per heavy atom. The van der Waals surface area contributed by atoms with Gasteiger partial charge in [-0.25, -0.2) is 0 Å². The molecule has 0 radical (unpaired) electrons. The minimum Gasteiger partial charge on any atom is -0.339 e. The number of para-hydroxylation sites is 1. The molecule has 1 aliphatic rings. The van der Waals surface area contributed by atoms with Crippen molar-refractivity contribution < 1.29 is 4.79 Å². The number of carbonyl (C=O) groups excluding carboxylic acids is 1. The van der Waals surface area contributed by atoms with Gasteiger partial charge in [-0.15, -0.1) is 0 Å². The molecule has 1 aromatic heterocycles.